The van der Waals surface area contributed by atoms with Gasteiger partial charge in [0.1, 0.15) is 6.04 Å². The molecule has 3 saturated heterocycles. The van der Waals surface area contributed by atoms with Crippen LogP contribution in [0.5, 0.6) is 0 Å². The molecule has 3 unspecified atom stereocenters. The summed E-state index contributed by atoms with van der Waals surface area (Å²) in [5, 5.41) is 14.5. The van der Waals surface area contributed by atoms with Gasteiger partial charge < -0.3 is 19.9 Å². The molecule has 1 N–H and O–H groups in total. The second kappa shape index (κ2) is 12.6. The van der Waals surface area contributed by atoms with Crippen molar-refractivity contribution in [3.8, 4) is 0 Å². The molecular weight excluding hydrogens is 500 g/mol. The normalized spacial score (nSPS) is 23.7. The molecule has 0 spiro atoms. The summed E-state index contributed by atoms with van der Waals surface area (Å²) in [7, 11) is 0. The number of nitrogens with zero attached hydrogens (tertiary/aromatic N) is 5. The number of nitro groups is 1. The van der Waals surface area contributed by atoms with E-state index in [4.69, 9.17) is 4.74 Å². The van der Waals surface area contributed by atoms with Crippen LogP contribution < -0.4 is 5.32 Å². The highest BCUT2D eigenvalue weighted by Crippen LogP contribution is 2.29. The number of pyridine rings is 1. The van der Waals surface area contributed by atoms with Crippen LogP contribution in [0.3, 0.4) is 0 Å². The van der Waals surface area contributed by atoms with E-state index < -0.39 is 11.0 Å². The van der Waals surface area contributed by atoms with E-state index in [0.717, 1.165) is 44.5 Å². The van der Waals surface area contributed by atoms with E-state index in [2.05, 4.69) is 15.2 Å². The van der Waals surface area contributed by atoms with Crippen LogP contribution in [-0.2, 0) is 16.1 Å². The van der Waals surface area contributed by atoms with Crippen LogP contribution in [0.15, 0.2) is 48.8 Å². The van der Waals surface area contributed by atoms with Crippen LogP contribution in [-0.4, -0.2) is 100 Å². The van der Waals surface area contributed by atoms with Gasteiger partial charge in [-0.2, -0.15) is 0 Å². The Morgan fingerprint density at radius 1 is 1.15 bits per heavy atom. The Labute approximate surface area is 228 Å². The summed E-state index contributed by atoms with van der Waals surface area (Å²) in [6.45, 7) is 5.27. The van der Waals surface area contributed by atoms with Gasteiger partial charge in [-0.3, -0.25) is 29.6 Å². The van der Waals surface area contributed by atoms with Gasteiger partial charge in [0.25, 0.3) is 11.6 Å². The van der Waals surface area contributed by atoms with Gasteiger partial charge in [-0.25, -0.2) is 0 Å². The molecule has 208 valence electrons. The Kier molecular flexibility index (Phi) is 8.80. The number of hydrogen-bond donors (Lipinski definition) is 1. The SMILES string of the molecule is O=C(C1CC(N(Cc2ccc([N+](=O)[O-])cc2)CC2CCCO2)CN1C(=O)c1cccnc1)N1CCCNCC1. The maximum Gasteiger partial charge on any atom is 0.269 e. The molecule has 1 aromatic carbocycles. The van der Waals surface area contributed by atoms with Gasteiger partial charge in [0.05, 0.1) is 16.6 Å². The zero-order chi connectivity index (χ0) is 27.2. The third-order valence-corrected chi connectivity index (χ3v) is 7.90. The second-order valence-corrected chi connectivity index (χ2v) is 10.5. The minimum Gasteiger partial charge on any atom is -0.377 e. The zero-order valence-electron chi connectivity index (χ0n) is 22.1. The number of aromatic nitrogens is 1. The number of nitrogens with one attached hydrogen (secondary N) is 1. The summed E-state index contributed by atoms with van der Waals surface area (Å²) in [4.78, 5) is 48.3. The molecule has 1 aromatic heterocycles. The lowest BCUT2D eigenvalue weighted by Crippen LogP contribution is -2.48. The predicted octanol–water partition coefficient (Wildman–Crippen LogP) is 2.08. The quantitative estimate of drug-likeness (QED) is 0.402. The van der Waals surface area contributed by atoms with Crippen molar-refractivity contribution in [2.45, 2.75) is 50.4 Å². The van der Waals surface area contributed by atoms with Crippen molar-refractivity contribution in [1.29, 1.82) is 0 Å². The third kappa shape index (κ3) is 6.60. The first kappa shape index (κ1) is 27.2. The first-order valence-electron chi connectivity index (χ1n) is 13.8. The van der Waals surface area contributed by atoms with Crippen LogP contribution >= 0.6 is 0 Å². The summed E-state index contributed by atoms with van der Waals surface area (Å²) in [5.74, 6) is -0.199. The van der Waals surface area contributed by atoms with Crippen molar-refractivity contribution < 1.29 is 19.2 Å². The Balaban J connectivity index is 1.40. The Morgan fingerprint density at radius 3 is 2.72 bits per heavy atom. The van der Waals surface area contributed by atoms with Crippen molar-refractivity contribution in [2.24, 2.45) is 0 Å². The molecule has 5 rings (SSSR count). The van der Waals surface area contributed by atoms with Gasteiger partial charge in [0.15, 0.2) is 0 Å². The molecule has 2 aromatic rings. The predicted molar refractivity (Wildman–Crippen MR) is 144 cm³/mol. The highest BCUT2D eigenvalue weighted by Gasteiger charge is 2.44. The van der Waals surface area contributed by atoms with Crippen molar-refractivity contribution in [3.63, 3.8) is 0 Å². The Hall–Kier alpha value is -3.41. The molecule has 3 fully saturated rings. The first-order chi connectivity index (χ1) is 19.0. The number of rotatable bonds is 8. The summed E-state index contributed by atoms with van der Waals surface area (Å²) < 4.78 is 5.96. The van der Waals surface area contributed by atoms with E-state index in [1.165, 1.54) is 12.1 Å². The van der Waals surface area contributed by atoms with Gasteiger partial charge in [-0.1, -0.05) is 12.1 Å². The van der Waals surface area contributed by atoms with Crippen LogP contribution in [0.1, 0.15) is 41.6 Å². The number of ether oxygens (including phenoxy) is 1. The average molecular weight is 537 g/mol. The number of benzene rings is 1. The minimum atomic E-state index is -0.565. The topological polar surface area (TPSA) is 121 Å². The van der Waals surface area contributed by atoms with Gasteiger partial charge >= 0.3 is 0 Å². The highest BCUT2D eigenvalue weighted by molar-refractivity contribution is 5.97. The summed E-state index contributed by atoms with van der Waals surface area (Å²) in [6, 6.07) is 9.44. The molecule has 0 aliphatic carbocycles. The minimum absolute atomic E-state index is 0.00848. The van der Waals surface area contributed by atoms with E-state index in [0.29, 0.717) is 44.7 Å². The van der Waals surface area contributed by atoms with E-state index >= 15 is 0 Å². The molecule has 0 bridgehead atoms. The second-order valence-electron chi connectivity index (χ2n) is 10.5. The lowest BCUT2D eigenvalue weighted by Gasteiger charge is -2.31. The van der Waals surface area contributed by atoms with Crippen LogP contribution in [0, 0.1) is 10.1 Å². The fourth-order valence-electron chi connectivity index (χ4n) is 5.82. The molecule has 39 heavy (non-hydrogen) atoms. The fourth-order valence-corrected chi connectivity index (χ4v) is 5.82. The van der Waals surface area contributed by atoms with Crippen molar-refractivity contribution in [1.82, 2.24) is 25.0 Å². The molecule has 2 amide bonds. The number of carbonyl (C=O) groups is 2. The molecule has 3 aliphatic rings. The molecule has 11 nitrogen and oxygen atoms in total. The highest BCUT2D eigenvalue weighted by atomic mass is 16.6. The van der Waals surface area contributed by atoms with Crippen molar-refractivity contribution in [3.05, 3.63) is 70.0 Å². The smallest absolute Gasteiger partial charge is 0.269 e. The third-order valence-electron chi connectivity index (χ3n) is 7.90. The monoisotopic (exact) mass is 536 g/mol. The van der Waals surface area contributed by atoms with Gasteiger partial charge in [0.2, 0.25) is 5.91 Å². The summed E-state index contributed by atoms with van der Waals surface area (Å²) >= 11 is 0. The van der Waals surface area contributed by atoms with Gasteiger partial charge in [0, 0.05) is 76.4 Å². The van der Waals surface area contributed by atoms with E-state index in [9.17, 15) is 19.7 Å². The molecular formula is C28H36N6O5. The number of amides is 2. The van der Waals surface area contributed by atoms with Gasteiger partial charge in [-0.05, 0) is 49.9 Å². The molecule has 0 radical (unpaired) electrons. The summed E-state index contributed by atoms with van der Waals surface area (Å²) in [5.41, 5.74) is 1.46. The van der Waals surface area contributed by atoms with Crippen LogP contribution in [0.4, 0.5) is 5.69 Å². The zero-order valence-corrected chi connectivity index (χ0v) is 22.1. The Bertz CT molecular complexity index is 1130. The van der Waals surface area contributed by atoms with Crippen LogP contribution in [0.25, 0.3) is 0 Å². The van der Waals surface area contributed by atoms with Crippen molar-refractivity contribution in [2.75, 3.05) is 45.9 Å². The number of non-ortho nitro benzene ring substituents is 1. The summed E-state index contributed by atoms with van der Waals surface area (Å²) in [6.07, 6.45) is 6.63. The van der Waals surface area contributed by atoms with E-state index in [1.807, 2.05) is 4.90 Å². The number of likely N-dealkylation sites (tertiary alicyclic amines) is 1. The molecule has 0 saturated carbocycles. The lowest BCUT2D eigenvalue weighted by atomic mass is 10.1. The van der Waals surface area contributed by atoms with Crippen LogP contribution in [0.2, 0.25) is 0 Å². The largest absolute Gasteiger partial charge is 0.377 e. The first-order valence-corrected chi connectivity index (χ1v) is 13.8. The molecule has 11 heteroatoms. The molecule has 3 aliphatic heterocycles. The van der Waals surface area contributed by atoms with Gasteiger partial charge in [-0.15, -0.1) is 0 Å². The maximum atomic E-state index is 13.9. The average Bonchev–Trinajstić information content (AvgIpc) is 3.56. The lowest BCUT2D eigenvalue weighted by molar-refractivity contribution is -0.384. The standard InChI is InChI=1S/C28H36N6O5/c35-27(22-4-1-10-30-17-22)33-19-24(16-26(33)28(36)31-13-3-11-29-12-14-31)32(20-25-5-2-15-39-25)18-21-6-8-23(9-7-21)34(37)38/h1,4,6-10,17,24-26,29H,2-3,5,11-16,18-20H2. The maximum absolute atomic E-state index is 13.9. The number of carbonyl (C=O) groups excluding carboxylic acids is 2. The Morgan fingerprint density at radius 2 is 2.00 bits per heavy atom. The number of nitro benzene ring substituents is 1. The van der Waals surface area contributed by atoms with E-state index in [-0.39, 0.29) is 29.6 Å². The van der Waals surface area contributed by atoms with Crippen molar-refractivity contribution >= 4 is 17.5 Å². The molecule has 3 atom stereocenters. The number of hydrogen-bond acceptors (Lipinski definition) is 8. The fraction of sp³-hybridized carbons (Fsp3) is 0.536. The molecule has 4 heterocycles. The van der Waals surface area contributed by atoms with E-state index in [1.54, 1.807) is 41.6 Å².